The number of benzene rings is 1. The smallest absolute Gasteiger partial charge is 0.312 e. The predicted octanol–water partition coefficient (Wildman–Crippen LogP) is 2.98. The highest BCUT2D eigenvalue weighted by molar-refractivity contribution is 9.09. The zero-order chi connectivity index (χ0) is 32.2. The molecule has 0 aliphatic carbocycles. The maximum Gasteiger partial charge on any atom is 0.312 e. The number of likely N-dealkylation sites (tertiary alicyclic amines) is 1. The van der Waals surface area contributed by atoms with Crippen molar-refractivity contribution in [2.45, 2.75) is 81.3 Å². The summed E-state index contributed by atoms with van der Waals surface area (Å²) in [7, 11) is 0. The van der Waals surface area contributed by atoms with Crippen LogP contribution in [0.2, 0.25) is 0 Å². The number of hydrogen-bond donors (Lipinski definition) is 2. The molecule has 2 bridgehead atoms. The molecule has 3 aliphatic rings. The highest BCUT2D eigenvalue weighted by Crippen LogP contribution is 2.61. The molecule has 44 heavy (non-hydrogen) atoms. The van der Waals surface area contributed by atoms with E-state index in [1.54, 1.807) is 24.0 Å². The van der Waals surface area contributed by atoms with E-state index in [-0.39, 0.29) is 48.7 Å². The Bertz CT molecular complexity index is 1240. The van der Waals surface area contributed by atoms with Crippen molar-refractivity contribution in [2.75, 3.05) is 19.7 Å². The van der Waals surface area contributed by atoms with Gasteiger partial charge in [-0.3, -0.25) is 19.2 Å². The topological polar surface area (TPSA) is 125 Å². The first kappa shape index (κ1) is 33.9. The number of aliphatic hydroxyl groups is 1. The number of rotatable bonds is 15. The Balaban J connectivity index is 1.66. The van der Waals surface area contributed by atoms with Crippen molar-refractivity contribution >= 4 is 39.6 Å². The molecule has 11 heteroatoms. The Kier molecular flexibility index (Phi) is 11.1. The van der Waals surface area contributed by atoms with Crippen LogP contribution in [0.5, 0.6) is 0 Å². The molecule has 240 valence electrons. The lowest BCUT2D eigenvalue weighted by molar-refractivity contribution is -0.160. The van der Waals surface area contributed by atoms with Gasteiger partial charge in [-0.1, -0.05) is 72.3 Å². The van der Waals surface area contributed by atoms with Gasteiger partial charge in [0.05, 0.1) is 37.1 Å². The molecule has 0 aromatic heterocycles. The van der Waals surface area contributed by atoms with E-state index in [9.17, 15) is 24.3 Å². The van der Waals surface area contributed by atoms with Gasteiger partial charge in [-0.2, -0.15) is 0 Å². The normalized spacial score (nSPS) is 28.4. The number of carbonyl (C=O) groups is 4. The summed E-state index contributed by atoms with van der Waals surface area (Å²) in [6.45, 7) is 13.2. The molecule has 3 aliphatic heterocycles. The maximum atomic E-state index is 14.6. The van der Waals surface area contributed by atoms with Crippen LogP contribution >= 0.6 is 15.9 Å². The molecule has 3 heterocycles. The van der Waals surface area contributed by atoms with E-state index in [4.69, 9.17) is 9.47 Å². The summed E-state index contributed by atoms with van der Waals surface area (Å²) in [6.07, 6.45) is 3.12. The summed E-state index contributed by atoms with van der Waals surface area (Å²) in [5, 5.41) is 13.2. The van der Waals surface area contributed by atoms with Crippen LogP contribution in [-0.4, -0.2) is 93.0 Å². The van der Waals surface area contributed by atoms with Crippen molar-refractivity contribution in [3.63, 3.8) is 0 Å². The van der Waals surface area contributed by atoms with E-state index in [0.717, 1.165) is 5.56 Å². The Morgan fingerprint density at radius 3 is 2.55 bits per heavy atom. The lowest BCUT2D eigenvalue weighted by Crippen LogP contribution is -2.59. The first-order chi connectivity index (χ1) is 21.0. The van der Waals surface area contributed by atoms with E-state index in [1.807, 2.05) is 44.2 Å². The number of allylic oxidation sites excluding steroid dienone is 1. The van der Waals surface area contributed by atoms with Crippen LogP contribution in [0.25, 0.3) is 0 Å². The van der Waals surface area contributed by atoms with E-state index < -0.39 is 53.6 Å². The summed E-state index contributed by atoms with van der Waals surface area (Å²) in [4.78, 5) is 57.6. The number of carbonyl (C=O) groups excluding carboxylic acids is 4. The molecule has 4 rings (SSSR count). The summed E-state index contributed by atoms with van der Waals surface area (Å²) in [6, 6.07) is 7.81. The molecule has 1 spiro atoms. The largest absolute Gasteiger partial charge is 0.460 e. The molecule has 3 saturated heterocycles. The Hall–Kier alpha value is -3.02. The molecule has 2 N–H and O–H groups in total. The van der Waals surface area contributed by atoms with Crippen LogP contribution in [0.4, 0.5) is 0 Å². The van der Waals surface area contributed by atoms with Gasteiger partial charge in [-0.25, -0.2) is 0 Å². The second-order valence-electron chi connectivity index (χ2n) is 12.3. The minimum Gasteiger partial charge on any atom is -0.460 e. The number of hydrogen-bond acceptors (Lipinski definition) is 7. The van der Waals surface area contributed by atoms with E-state index in [2.05, 4.69) is 34.4 Å². The molecule has 8 atom stereocenters. The van der Waals surface area contributed by atoms with Crippen LogP contribution in [0.15, 0.2) is 55.6 Å². The molecule has 0 saturated carbocycles. The lowest BCUT2D eigenvalue weighted by atomic mass is 9.70. The van der Waals surface area contributed by atoms with Gasteiger partial charge in [0.15, 0.2) is 0 Å². The number of alkyl halides is 1. The number of aliphatic hydroxyl groups excluding tert-OH is 1. The standard InChI is InChI=1S/C33H44BrN3O7/c1-6-8-14-25(39)35-17-21(5)43-32(42)26-27-30(40)37(24(19-38)20(3)4)29(33(27)16-23(34)28(26)44-33)31(41)36(15-7-2)18-22-12-10-9-11-13-22/h6-7,9-13,20-21,23-24,26-29,38H,1-2,8,14-19H2,3-5H3,(H,35,39)/t21-,23?,24+,26-,27+,28-,29-,33+/m1/s1. The molecular weight excluding hydrogens is 630 g/mol. The predicted molar refractivity (Wildman–Crippen MR) is 168 cm³/mol. The number of fused-ring (bicyclic) bond motifs is 1. The average molecular weight is 675 g/mol. The summed E-state index contributed by atoms with van der Waals surface area (Å²) in [5.74, 6) is -3.62. The maximum absolute atomic E-state index is 14.6. The number of esters is 1. The SMILES string of the molecule is C=CCCC(=O)NC[C@@H](C)OC(=O)[C@H]1[C@@H]2O[C@@]3(CC2Br)[C@@H]1C(=O)N([C@@H](CO)C(C)C)[C@@H]3C(=O)N(CC=C)Cc1ccccc1. The second-order valence-corrected chi connectivity index (χ2v) is 13.5. The molecule has 3 fully saturated rings. The van der Waals surface area contributed by atoms with E-state index in [1.165, 1.54) is 4.90 Å². The first-order valence-electron chi connectivity index (χ1n) is 15.3. The highest BCUT2D eigenvalue weighted by atomic mass is 79.9. The van der Waals surface area contributed by atoms with Crippen molar-refractivity contribution in [3.8, 4) is 0 Å². The molecule has 1 unspecified atom stereocenters. The monoisotopic (exact) mass is 673 g/mol. The van der Waals surface area contributed by atoms with Gasteiger partial charge in [0, 0.05) is 24.3 Å². The number of ether oxygens (including phenoxy) is 2. The fraction of sp³-hybridized carbons (Fsp3) is 0.576. The number of nitrogens with zero attached hydrogens (tertiary/aromatic N) is 2. The van der Waals surface area contributed by atoms with Crippen molar-refractivity contribution < 1.29 is 33.8 Å². The fourth-order valence-corrected chi connectivity index (χ4v) is 7.80. The molecule has 0 radical (unpaired) electrons. The van der Waals surface area contributed by atoms with Crippen LogP contribution in [0.3, 0.4) is 0 Å². The summed E-state index contributed by atoms with van der Waals surface area (Å²) >= 11 is 3.68. The van der Waals surface area contributed by atoms with Crippen LogP contribution in [0.1, 0.15) is 45.6 Å². The Morgan fingerprint density at radius 2 is 1.93 bits per heavy atom. The van der Waals surface area contributed by atoms with Gasteiger partial charge in [0.25, 0.3) is 0 Å². The van der Waals surface area contributed by atoms with Gasteiger partial charge < -0.3 is 29.7 Å². The zero-order valence-corrected chi connectivity index (χ0v) is 27.3. The lowest BCUT2D eigenvalue weighted by Gasteiger charge is -2.40. The summed E-state index contributed by atoms with van der Waals surface area (Å²) < 4.78 is 12.4. The molecule has 3 amide bonds. The first-order valence-corrected chi connectivity index (χ1v) is 16.2. The van der Waals surface area contributed by atoms with Gasteiger partial charge in [-0.15, -0.1) is 13.2 Å². The average Bonchev–Trinajstić information content (AvgIpc) is 3.58. The Morgan fingerprint density at radius 1 is 1.23 bits per heavy atom. The van der Waals surface area contributed by atoms with Crippen LogP contribution < -0.4 is 5.32 Å². The molecular formula is C33H44BrN3O7. The third kappa shape index (κ3) is 6.50. The third-order valence-electron chi connectivity index (χ3n) is 8.90. The minimum absolute atomic E-state index is 0.116. The van der Waals surface area contributed by atoms with Crippen molar-refractivity contribution in [3.05, 3.63) is 61.2 Å². The van der Waals surface area contributed by atoms with Gasteiger partial charge in [-0.05, 0) is 31.2 Å². The van der Waals surface area contributed by atoms with E-state index in [0.29, 0.717) is 19.4 Å². The van der Waals surface area contributed by atoms with Crippen LogP contribution in [-0.2, 0) is 35.2 Å². The second kappa shape index (κ2) is 14.4. The van der Waals surface area contributed by atoms with E-state index >= 15 is 0 Å². The number of halogens is 1. The summed E-state index contributed by atoms with van der Waals surface area (Å²) in [5.41, 5.74) is -0.380. The van der Waals surface area contributed by atoms with Gasteiger partial charge in [0.1, 0.15) is 17.7 Å². The van der Waals surface area contributed by atoms with Crippen molar-refractivity contribution in [2.24, 2.45) is 17.8 Å². The van der Waals surface area contributed by atoms with Gasteiger partial charge >= 0.3 is 5.97 Å². The molecule has 10 nitrogen and oxygen atoms in total. The highest BCUT2D eigenvalue weighted by Gasteiger charge is 2.77. The van der Waals surface area contributed by atoms with Gasteiger partial charge in [0.2, 0.25) is 17.7 Å². The minimum atomic E-state index is -1.29. The fourth-order valence-electron chi connectivity index (χ4n) is 6.86. The van der Waals surface area contributed by atoms with Crippen molar-refractivity contribution in [1.82, 2.24) is 15.1 Å². The third-order valence-corrected chi connectivity index (χ3v) is 9.75. The Labute approximate surface area is 267 Å². The van der Waals surface area contributed by atoms with Crippen molar-refractivity contribution in [1.29, 1.82) is 0 Å². The quantitative estimate of drug-likeness (QED) is 0.167. The zero-order valence-electron chi connectivity index (χ0n) is 25.7. The number of amides is 3. The number of nitrogens with one attached hydrogen (secondary N) is 1. The van der Waals surface area contributed by atoms with Crippen LogP contribution in [0, 0.1) is 17.8 Å². The molecule has 1 aromatic carbocycles. The molecule has 1 aromatic rings.